The smallest absolute Gasteiger partial charge is 0.296 e. The first-order chi connectivity index (χ1) is 19.1. The van der Waals surface area contributed by atoms with E-state index in [1.165, 1.54) is 69.9 Å². The second-order valence-corrected chi connectivity index (χ2v) is 13.6. The Kier molecular flexibility index (Phi) is 15.2. The number of carbonyl (C=O) groups excluding carboxylic acids is 2. The minimum atomic E-state index is -3.90. The first kappa shape index (κ1) is 34.3. The summed E-state index contributed by atoms with van der Waals surface area (Å²) >= 11 is 0. The van der Waals surface area contributed by atoms with Gasteiger partial charge in [0.25, 0.3) is 10.1 Å². The van der Waals surface area contributed by atoms with E-state index >= 15 is 0 Å². The molecule has 1 saturated heterocycles. The van der Waals surface area contributed by atoms with E-state index < -0.39 is 21.7 Å². The van der Waals surface area contributed by atoms with E-state index in [9.17, 15) is 18.0 Å². The minimum absolute atomic E-state index is 0.0572. The predicted octanol–water partition coefficient (Wildman–Crippen LogP) is 7.07. The van der Waals surface area contributed by atoms with Gasteiger partial charge in [-0.05, 0) is 52.2 Å². The number of amides is 2. The largest absolute Gasteiger partial charge is 0.351 e. The number of aryl methyl sites for hydroxylation is 1. The molecule has 1 aliphatic heterocycles. The molecule has 1 heterocycles. The van der Waals surface area contributed by atoms with Gasteiger partial charge < -0.3 is 10.2 Å². The van der Waals surface area contributed by atoms with Crippen molar-refractivity contribution >= 4 is 21.9 Å². The van der Waals surface area contributed by atoms with E-state index in [4.69, 9.17) is 4.18 Å². The zero-order chi connectivity index (χ0) is 29.4. The lowest BCUT2D eigenvalue weighted by Gasteiger charge is -2.42. The Bertz CT molecular complexity index is 991. The molecule has 1 aromatic rings. The number of benzene rings is 1. The lowest BCUT2D eigenvalue weighted by atomic mass is 9.90. The van der Waals surface area contributed by atoms with Crippen molar-refractivity contribution in [2.75, 3.05) is 13.2 Å². The van der Waals surface area contributed by atoms with Crippen molar-refractivity contribution < 1.29 is 22.2 Å². The van der Waals surface area contributed by atoms with Crippen LogP contribution in [0, 0.1) is 6.92 Å². The summed E-state index contributed by atoms with van der Waals surface area (Å²) in [7, 11) is -3.90. The Balaban J connectivity index is 1.80. The number of carbonyl (C=O) groups is 2. The molecule has 228 valence electrons. The van der Waals surface area contributed by atoms with Crippen LogP contribution < -0.4 is 5.32 Å². The Morgan fingerprint density at radius 2 is 1.50 bits per heavy atom. The summed E-state index contributed by atoms with van der Waals surface area (Å²) in [5.41, 5.74) is 0.309. The van der Waals surface area contributed by atoms with Gasteiger partial charge in [0, 0.05) is 19.4 Å². The van der Waals surface area contributed by atoms with Crippen molar-refractivity contribution in [1.29, 1.82) is 0 Å². The summed E-state index contributed by atoms with van der Waals surface area (Å²) < 4.78 is 30.7. The number of hydrogen-bond acceptors (Lipinski definition) is 5. The van der Waals surface area contributed by atoms with Crippen LogP contribution in [-0.2, 0) is 23.9 Å². The third-order valence-corrected chi connectivity index (χ3v) is 9.50. The molecular weight excluding hydrogens is 524 g/mol. The molecule has 1 atom stereocenters. The van der Waals surface area contributed by atoms with Crippen molar-refractivity contribution in [2.24, 2.45) is 0 Å². The van der Waals surface area contributed by atoms with E-state index in [0.29, 0.717) is 19.4 Å². The quantitative estimate of drug-likeness (QED) is 0.124. The van der Waals surface area contributed by atoms with Crippen molar-refractivity contribution in [3.63, 3.8) is 0 Å². The van der Waals surface area contributed by atoms with Crippen LogP contribution in [-0.4, -0.2) is 49.9 Å². The van der Waals surface area contributed by atoms with E-state index in [1.807, 2.05) is 25.7 Å². The lowest BCUT2D eigenvalue weighted by molar-refractivity contribution is -0.135. The highest BCUT2D eigenvalue weighted by Gasteiger charge is 2.40. The highest BCUT2D eigenvalue weighted by molar-refractivity contribution is 7.86. The van der Waals surface area contributed by atoms with Crippen LogP contribution in [0.1, 0.15) is 129 Å². The first-order valence-electron chi connectivity index (χ1n) is 15.6. The highest BCUT2D eigenvalue weighted by Crippen LogP contribution is 2.28. The molecule has 1 fully saturated rings. The summed E-state index contributed by atoms with van der Waals surface area (Å²) in [6, 6.07) is 6.11. The predicted molar refractivity (Wildman–Crippen MR) is 162 cm³/mol. The van der Waals surface area contributed by atoms with Gasteiger partial charge in [0.05, 0.1) is 23.1 Å². The van der Waals surface area contributed by atoms with Gasteiger partial charge in [-0.25, -0.2) is 0 Å². The minimum Gasteiger partial charge on any atom is -0.351 e. The van der Waals surface area contributed by atoms with Crippen LogP contribution >= 0.6 is 0 Å². The molecular formula is C32H54N2O5S. The molecule has 0 saturated carbocycles. The van der Waals surface area contributed by atoms with Gasteiger partial charge in [-0.15, -0.1) is 0 Å². The molecule has 7 nitrogen and oxygen atoms in total. The second-order valence-electron chi connectivity index (χ2n) is 11.9. The SMILES string of the molecule is CCCCCCCCCCCCCCC(=O)NC(CCOS(=O)(=O)c1ccc(C)cc1)C(C)(C)N1CCCC1=O. The third kappa shape index (κ3) is 11.9. The third-order valence-electron chi connectivity index (χ3n) is 8.17. The molecule has 2 amide bonds. The van der Waals surface area contributed by atoms with E-state index in [-0.39, 0.29) is 29.7 Å². The van der Waals surface area contributed by atoms with E-state index in [2.05, 4.69) is 12.2 Å². The van der Waals surface area contributed by atoms with Crippen LogP contribution in [0.2, 0.25) is 0 Å². The second kappa shape index (κ2) is 17.8. The fraction of sp³-hybridized carbons (Fsp3) is 0.750. The van der Waals surface area contributed by atoms with Gasteiger partial charge in [0.15, 0.2) is 0 Å². The average molecular weight is 579 g/mol. The molecule has 1 N–H and O–H groups in total. The van der Waals surface area contributed by atoms with Crippen LogP contribution in [0.3, 0.4) is 0 Å². The molecule has 0 spiro atoms. The van der Waals surface area contributed by atoms with E-state index in [0.717, 1.165) is 31.2 Å². The summed E-state index contributed by atoms with van der Waals surface area (Å²) in [6.45, 7) is 8.59. The number of nitrogens with zero attached hydrogens (tertiary/aromatic N) is 1. The van der Waals surface area contributed by atoms with Gasteiger partial charge in [0.1, 0.15) is 0 Å². The van der Waals surface area contributed by atoms with E-state index in [1.54, 1.807) is 12.1 Å². The highest BCUT2D eigenvalue weighted by atomic mass is 32.2. The maximum Gasteiger partial charge on any atom is 0.296 e. The zero-order valence-electron chi connectivity index (χ0n) is 25.5. The first-order valence-corrected chi connectivity index (χ1v) is 17.0. The molecule has 1 unspecified atom stereocenters. The average Bonchev–Trinajstić information content (AvgIpc) is 3.35. The molecule has 8 heteroatoms. The molecule has 0 aromatic heterocycles. The van der Waals surface area contributed by atoms with Crippen LogP contribution in [0.15, 0.2) is 29.2 Å². The van der Waals surface area contributed by atoms with Gasteiger partial charge >= 0.3 is 0 Å². The van der Waals surface area contributed by atoms with Crippen LogP contribution in [0.5, 0.6) is 0 Å². The number of hydrogen-bond donors (Lipinski definition) is 1. The van der Waals surface area contributed by atoms with Gasteiger partial charge in [-0.2, -0.15) is 8.42 Å². The van der Waals surface area contributed by atoms with Crippen molar-refractivity contribution in [3.05, 3.63) is 29.8 Å². The molecule has 0 bridgehead atoms. The monoisotopic (exact) mass is 578 g/mol. The maximum absolute atomic E-state index is 12.9. The lowest BCUT2D eigenvalue weighted by Crippen LogP contribution is -2.59. The molecule has 40 heavy (non-hydrogen) atoms. The number of rotatable bonds is 21. The fourth-order valence-corrected chi connectivity index (χ4v) is 6.41. The topological polar surface area (TPSA) is 92.8 Å². The summed E-state index contributed by atoms with van der Waals surface area (Å²) in [5.74, 6) is 0.0107. The number of unbranched alkanes of at least 4 members (excludes halogenated alkanes) is 11. The van der Waals surface area contributed by atoms with Crippen molar-refractivity contribution in [3.8, 4) is 0 Å². The van der Waals surface area contributed by atoms with Gasteiger partial charge in [-0.3, -0.25) is 13.8 Å². The van der Waals surface area contributed by atoms with Crippen LogP contribution in [0.4, 0.5) is 0 Å². The molecule has 1 aromatic carbocycles. The van der Waals surface area contributed by atoms with Crippen LogP contribution in [0.25, 0.3) is 0 Å². The Morgan fingerprint density at radius 3 is 2.02 bits per heavy atom. The number of nitrogens with one attached hydrogen (secondary N) is 1. The summed E-state index contributed by atoms with van der Waals surface area (Å²) in [4.78, 5) is 27.4. The normalized spacial score (nSPS) is 15.0. The summed E-state index contributed by atoms with van der Waals surface area (Å²) in [5, 5.41) is 3.12. The molecule has 0 radical (unpaired) electrons. The standard InChI is InChI=1S/C32H54N2O5S/c1-5-6-7-8-9-10-11-12-13-14-15-16-18-30(35)33-29(32(3,4)34-25-17-19-31(34)36)24-26-39-40(37,38)28-22-20-27(2)21-23-28/h20-23,29H,5-19,24-26H2,1-4H3,(H,33,35). The van der Waals surface area contributed by atoms with Crippen molar-refractivity contribution in [2.45, 2.75) is 147 Å². The maximum atomic E-state index is 12.9. The Hall–Kier alpha value is -1.93. The Morgan fingerprint density at radius 1 is 0.950 bits per heavy atom. The van der Waals surface area contributed by atoms with Gasteiger partial charge in [0.2, 0.25) is 11.8 Å². The fourth-order valence-electron chi connectivity index (χ4n) is 5.49. The molecule has 0 aliphatic carbocycles. The van der Waals surface area contributed by atoms with Gasteiger partial charge in [-0.1, -0.05) is 95.2 Å². The molecule has 1 aliphatic rings. The zero-order valence-corrected chi connectivity index (χ0v) is 26.3. The molecule has 2 rings (SSSR count). The van der Waals surface area contributed by atoms with Crippen molar-refractivity contribution in [1.82, 2.24) is 10.2 Å². The number of likely N-dealkylation sites (tertiary alicyclic amines) is 1. The Labute approximate surface area is 243 Å². The summed E-state index contributed by atoms with van der Waals surface area (Å²) in [6.07, 6.45) is 16.9.